The minimum atomic E-state index is -3.82. The Morgan fingerprint density at radius 3 is 2.72 bits per heavy atom. The van der Waals surface area contributed by atoms with Crippen molar-refractivity contribution in [2.75, 3.05) is 12.8 Å². The van der Waals surface area contributed by atoms with Crippen molar-refractivity contribution in [2.24, 2.45) is 0 Å². The van der Waals surface area contributed by atoms with E-state index in [1.54, 1.807) is 41.2 Å². The van der Waals surface area contributed by atoms with Crippen molar-refractivity contribution in [1.82, 2.24) is 19.1 Å². The van der Waals surface area contributed by atoms with E-state index in [1.165, 1.54) is 7.11 Å². The van der Waals surface area contributed by atoms with Crippen LogP contribution >= 0.6 is 0 Å². The van der Waals surface area contributed by atoms with Crippen molar-refractivity contribution >= 4 is 21.5 Å². The molecule has 1 aromatic carbocycles. The molecule has 1 fully saturated rings. The van der Waals surface area contributed by atoms with E-state index in [9.17, 15) is 13.5 Å². The van der Waals surface area contributed by atoms with Crippen LogP contribution in [0.1, 0.15) is 25.7 Å². The third-order valence-corrected chi connectivity index (χ3v) is 6.76. The van der Waals surface area contributed by atoms with Gasteiger partial charge in [-0.3, -0.25) is 4.40 Å². The van der Waals surface area contributed by atoms with Crippen molar-refractivity contribution in [3.05, 3.63) is 36.8 Å². The number of aromatic nitrogens is 3. The molecule has 3 aromatic rings. The molecule has 0 atom stereocenters. The fourth-order valence-electron chi connectivity index (χ4n) is 3.68. The molecular formula is C19H23N5O4S. The first-order valence-corrected chi connectivity index (χ1v) is 10.8. The number of methoxy groups -OCH3 is 1. The lowest BCUT2D eigenvalue weighted by Crippen LogP contribution is -2.38. The van der Waals surface area contributed by atoms with Crippen molar-refractivity contribution in [3.8, 4) is 17.0 Å². The Bertz CT molecular complexity index is 1140. The number of nitrogens with two attached hydrogens (primary N) is 1. The Hall–Kier alpha value is -2.69. The van der Waals surface area contributed by atoms with Gasteiger partial charge in [0.05, 0.1) is 25.1 Å². The molecule has 0 unspecified atom stereocenters. The van der Waals surface area contributed by atoms with Crippen LogP contribution in [-0.2, 0) is 10.0 Å². The third-order valence-electron chi connectivity index (χ3n) is 5.22. The monoisotopic (exact) mass is 417 g/mol. The second kappa shape index (κ2) is 7.62. The predicted octanol–water partition coefficient (Wildman–Crippen LogP) is 1.57. The van der Waals surface area contributed by atoms with E-state index in [4.69, 9.17) is 10.5 Å². The van der Waals surface area contributed by atoms with E-state index in [2.05, 4.69) is 14.7 Å². The first-order chi connectivity index (χ1) is 13.9. The molecule has 0 bridgehead atoms. The molecule has 1 aliphatic rings. The lowest BCUT2D eigenvalue weighted by Gasteiger charge is -2.26. The predicted molar refractivity (Wildman–Crippen MR) is 108 cm³/mol. The highest BCUT2D eigenvalue weighted by Gasteiger charge is 2.27. The Labute approximate surface area is 168 Å². The largest absolute Gasteiger partial charge is 0.495 e. The molecule has 9 nitrogen and oxygen atoms in total. The topological polar surface area (TPSA) is 132 Å². The number of aliphatic hydroxyl groups excluding tert-OH is 1. The Balaban J connectivity index is 1.72. The quantitative estimate of drug-likeness (QED) is 0.574. The summed E-state index contributed by atoms with van der Waals surface area (Å²) < 4.78 is 36.0. The van der Waals surface area contributed by atoms with Crippen LogP contribution in [0.25, 0.3) is 16.9 Å². The SMILES string of the molecule is COc1ccc(-c2cnc3c(N)nccn23)cc1S(=O)(=O)N[C@H]1CC[C@H](O)CC1. The van der Waals surface area contributed by atoms with Crippen molar-refractivity contribution in [1.29, 1.82) is 0 Å². The van der Waals surface area contributed by atoms with Gasteiger partial charge in [-0.25, -0.2) is 23.1 Å². The van der Waals surface area contributed by atoms with Gasteiger partial charge in [-0.05, 0) is 43.9 Å². The van der Waals surface area contributed by atoms with Gasteiger partial charge in [0, 0.05) is 24.0 Å². The van der Waals surface area contributed by atoms with Gasteiger partial charge >= 0.3 is 0 Å². The number of hydrogen-bond acceptors (Lipinski definition) is 7. The molecule has 154 valence electrons. The number of benzene rings is 1. The summed E-state index contributed by atoms with van der Waals surface area (Å²) in [4.78, 5) is 8.36. The first kappa shape index (κ1) is 19.6. The first-order valence-electron chi connectivity index (χ1n) is 9.35. The average molecular weight is 417 g/mol. The van der Waals surface area contributed by atoms with E-state index in [0.717, 1.165) is 0 Å². The maximum absolute atomic E-state index is 13.1. The van der Waals surface area contributed by atoms with E-state index < -0.39 is 10.0 Å². The fraction of sp³-hybridized carbons (Fsp3) is 0.368. The van der Waals surface area contributed by atoms with Crippen LogP contribution in [0.15, 0.2) is 41.7 Å². The summed E-state index contributed by atoms with van der Waals surface area (Å²) in [5.41, 5.74) is 7.71. The summed E-state index contributed by atoms with van der Waals surface area (Å²) in [6.07, 6.45) is 6.92. The molecule has 0 radical (unpaired) electrons. The van der Waals surface area contributed by atoms with E-state index in [0.29, 0.717) is 48.4 Å². The van der Waals surface area contributed by atoms with E-state index in [-0.39, 0.29) is 22.8 Å². The van der Waals surface area contributed by atoms with Gasteiger partial charge in [0.1, 0.15) is 10.6 Å². The molecule has 4 rings (SSSR count). The average Bonchev–Trinajstić information content (AvgIpc) is 3.14. The number of sulfonamides is 1. The summed E-state index contributed by atoms with van der Waals surface area (Å²) in [5, 5.41) is 9.65. The zero-order valence-corrected chi connectivity index (χ0v) is 16.8. The standard InChI is InChI=1S/C19H23N5O4S/c1-28-16-7-2-12(15-11-22-19-18(20)21-8-9-24(15)19)10-17(16)29(26,27)23-13-3-5-14(25)6-4-13/h2,7-11,13-14,23,25H,3-6H2,1H3,(H2,20,21)/t13-,14-. The maximum Gasteiger partial charge on any atom is 0.244 e. The van der Waals surface area contributed by atoms with Crippen LogP contribution in [0.3, 0.4) is 0 Å². The molecular weight excluding hydrogens is 394 g/mol. The van der Waals surface area contributed by atoms with Gasteiger partial charge in [0.2, 0.25) is 10.0 Å². The molecule has 4 N–H and O–H groups in total. The normalized spacial score (nSPS) is 20.1. The number of nitrogens with zero attached hydrogens (tertiary/aromatic N) is 3. The highest BCUT2D eigenvalue weighted by Crippen LogP contribution is 2.31. The second-order valence-corrected chi connectivity index (χ2v) is 8.82. The van der Waals surface area contributed by atoms with E-state index >= 15 is 0 Å². The second-order valence-electron chi connectivity index (χ2n) is 7.14. The van der Waals surface area contributed by atoms with Crippen LogP contribution < -0.4 is 15.2 Å². The summed E-state index contributed by atoms with van der Waals surface area (Å²) in [6, 6.07) is 4.75. The Morgan fingerprint density at radius 2 is 2.00 bits per heavy atom. The number of hydrogen-bond donors (Lipinski definition) is 3. The zero-order chi connectivity index (χ0) is 20.6. The highest BCUT2D eigenvalue weighted by molar-refractivity contribution is 7.89. The Morgan fingerprint density at radius 1 is 1.24 bits per heavy atom. The minimum Gasteiger partial charge on any atom is -0.495 e. The number of imidazole rings is 1. The van der Waals surface area contributed by atoms with Crippen molar-refractivity contribution in [3.63, 3.8) is 0 Å². The number of rotatable bonds is 5. The minimum absolute atomic E-state index is 0.0561. The van der Waals surface area contributed by atoms with Crippen molar-refractivity contribution < 1.29 is 18.3 Å². The summed E-state index contributed by atoms with van der Waals surface area (Å²) in [5.74, 6) is 0.549. The molecule has 1 aliphatic carbocycles. The number of nitrogens with one attached hydrogen (secondary N) is 1. The highest BCUT2D eigenvalue weighted by atomic mass is 32.2. The molecule has 2 heterocycles. The molecule has 29 heavy (non-hydrogen) atoms. The van der Waals surface area contributed by atoms with Gasteiger partial charge in [0.15, 0.2) is 11.5 Å². The summed E-state index contributed by atoms with van der Waals surface area (Å²) in [6.45, 7) is 0. The van der Waals surface area contributed by atoms with Crippen LogP contribution in [-0.4, -0.2) is 47.1 Å². The van der Waals surface area contributed by atoms with Crippen LogP contribution in [0, 0.1) is 0 Å². The molecule has 2 aromatic heterocycles. The van der Waals surface area contributed by atoms with Crippen LogP contribution in [0.4, 0.5) is 5.82 Å². The number of fused-ring (bicyclic) bond motifs is 1. The lowest BCUT2D eigenvalue weighted by molar-refractivity contribution is 0.120. The number of nitrogen functional groups attached to an aromatic ring is 1. The van der Waals surface area contributed by atoms with E-state index in [1.807, 2.05) is 0 Å². The van der Waals surface area contributed by atoms with Gasteiger partial charge in [0.25, 0.3) is 0 Å². The maximum atomic E-state index is 13.1. The van der Waals surface area contributed by atoms with Gasteiger partial charge in [-0.2, -0.15) is 0 Å². The van der Waals surface area contributed by atoms with Gasteiger partial charge in [-0.1, -0.05) is 0 Å². The van der Waals surface area contributed by atoms with Crippen LogP contribution in [0.2, 0.25) is 0 Å². The molecule has 0 amide bonds. The smallest absolute Gasteiger partial charge is 0.244 e. The Kier molecular flexibility index (Phi) is 5.15. The zero-order valence-electron chi connectivity index (χ0n) is 15.9. The molecule has 1 saturated carbocycles. The molecule has 10 heteroatoms. The molecule has 0 spiro atoms. The number of ether oxygens (including phenoxy) is 1. The molecule has 0 aliphatic heterocycles. The third kappa shape index (κ3) is 3.78. The summed E-state index contributed by atoms with van der Waals surface area (Å²) in [7, 11) is -2.38. The van der Waals surface area contributed by atoms with Gasteiger partial charge in [-0.15, -0.1) is 0 Å². The van der Waals surface area contributed by atoms with Crippen molar-refractivity contribution in [2.45, 2.75) is 42.7 Å². The van der Waals surface area contributed by atoms with Gasteiger partial charge < -0.3 is 15.6 Å². The van der Waals surface area contributed by atoms with Crippen LogP contribution in [0.5, 0.6) is 5.75 Å². The fourth-order valence-corrected chi connectivity index (χ4v) is 5.18. The summed E-state index contributed by atoms with van der Waals surface area (Å²) >= 11 is 0. The lowest BCUT2D eigenvalue weighted by atomic mass is 9.94. The molecule has 0 saturated heterocycles. The number of anilines is 1. The number of aliphatic hydroxyl groups is 1.